The van der Waals surface area contributed by atoms with Crippen molar-refractivity contribution in [2.45, 2.75) is 37.0 Å². The van der Waals surface area contributed by atoms with Crippen LogP contribution in [0.4, 0.5) is 0 Å². The van der Waals surface area contributed by atoms with Crippen LogP contribution in [0.15, 0.2) is 22.0 Å². The first-order valence-electron chi connectivity index (χ1n) is 6.34. The molecule has 7 nitrogen and oxygen atoms in total. The lowest BCUT2D eigenvalue weighted by Gasteiger charge is -2.15. The molecule has 0 fully saturated rings. The van der Waals surface area contributed by atoms with Crippen LogP contribution in [0.5, 0.6) is 5.75 Å². The molecule has 4 N–H and O–H groups in total. The summed E-state index contributed by atoms with van der Waals surface area (Å²) in [5.74, 6) is -0.797. The molecular weight excluding hydrogens is 294 g/mol. The van der Waals surface area contributed by atoms with E-state index in [2.05, 4.69) is 4.99 Å². The van der Waals surface area contributed by atoms with Gasteiger partial charge in [0.1, 0.15) is 10.6 Å². The van der Waals surface area contributed by atoms with E-state index in [-0.39, 0.29) is 22.2 Å². The number of aliphatic imine (C=N–C) groups is 1. The van der Waals surface area contributed by atoms with Crippen LogP contribution in [0, 0.1) is 0 Å². The molecule has 0 aromatic heterocycles. The van der Waals surface area contributed by atoms with Gasteiger partial charge in [-0.15, -0.1) is 0 Å². The number of aryl methyl sites for hydroxylation is 1. The molecule has 1 aromatic rings. The molecule has 1 heterocycles. The van der Waals surface area contributed by atoms with Crippen molar-refractivity contribution in [2.24, 2.45) is 16.5 Å². The number of hydrogen-bond donors (Lipinski definition) is 2. The van der Waals surface area contributed by atoms with E-state index < -0.39 is 20.7 Å². The molecule has 1 aliphatic rings. The van der Waals surface area contributed by atoms with Crippen molar-refractivity contribution in [2.75, 3.05) is 0 Å². The number of amides is 1. The van der Waals surface area contributed by atoms with Crippen LogP contribution in [0.2, 0.25) is 0 Å². The van der Waals surface area contributed by atoms with E-state index in [4.69, 9.17) is 16.2 Å². The van der Waals surface area contributed by atoms with E-state index in [1.54, 1.807) is 6.07 Å². The van der Waals surface area contributed by atoms with Crippen molar-refractivity contribution in [1.82, 2.24) is 0 Å². The van der Waals surface area contributed by atoms with Crippen LogP contribution in [0.3, 0.4) is 0 Å². The normalized spacial score (nSPS) is 17.7. The highest BCUT2D eigenvalue weighted by molar-refractivity contribution is 7.93. The number of ether oxygens (including phenoxy) is 1. The first-order valence-corrected chi connectivity index (χ1v) is 7.83. The molecule has 114 valence electrons. The molecule has 0 saturated carbocycles. The Morgan fingerprint density at radius 1 is 1.33 bits per heavy atom. The minimum absolute atomic E-state index is 0.0150. The Balaban J connectivity index is 2.68. The molecule has 0 spiro atoms. The van der Waals surface area contributed by atoms with Gasteiger partial charge in [0.2, 0.25) is 14.8 Å². The number of fused-ring (bicyclic) bond motifs is 1. The highest BCUT2D eigenvalue weighted by Crippen LogP contribution is 2.43. The van der Waals surface area contributed by atoms with Gasteiger partial charge in [-0.05, 0) is 38.0 Å². The summed E-state index contributed by atoms with van der Waals surface area (Å²) in [4.78, 5) is 14.1. The molecular formula is C13H17N3O4S. The van der Waals surface area contributed by atoms with E-state index >= 15 is 0 Å². The molecule has 1 aromatic carbocycles. The molecule has 8 heteroatoms. The maximum atomic E-state index is 12.4. The fourth-order valence-electron chi connectivity index (χ4n) is 2.15. The monoisotopic (exact) mass is 311 g/mol. The fourth-order valence-corrected chi connectivity index (χ4v) is 3.51. The number of guanidine groups is 1. The summed E-state index contributed by atoms with van der Waals surface area (Å²) in [6.07, 6.45) is 0.512. The summed E-state index contributed by atoms with van der Waals surface area (Å²) in [7, 11) is -3.68. The minimum atomic E-state index is -3.68. The third-order valence-electron chi connectivity index (χ3n) is 3.30. The molecule has 0 radical (unpaired) electrons. The number of rotatable bonds is 2. The van der Waals surface area contributed by atoms with Gasteiger partial charge < -0.3 is 16.2 Å². The third-order valence-corrected chi connectivity index (χ3v) is 5.58. The Morgan fingerprint density at radius 3 is 2.48 bits per heavy atom. The molecule has 0 bridgehead atoms. The lowest BCUT2D eigenvalue weighted by Crippen LogP contribution is -2.32. The smallest absolute Gasteiger partial charge is 0.280 e. The van der Waals surface area contributed by atoms with Crippen LogP contribution in [-0.2, 0) is 16.3 Å². The lowest BCUT2D eigenvalue weighted by atomic mass is 10.0. The highest BCUT2D eigenvalue weighted by atomic mass is 32.2. The number of benzene rings is 1. The number of sulfone groups is 1. The summed E-state index contributed by atoms with van der Waals surface area (Å²) >= 11 is 0. The molecule has 0 saturated heterocycles. The van der Waals surface area contributed by atoms with Crippen LogP contribution in [0.1, 0.15) is 36.7 Å². The fraction of sp³-hybridized carbons (Fsp3) is 0.385. The van der Waals surface area contributed by atoms with Gasteiger partial charge in [0, 0.05) is 5.56 Å². The van der Waals surface area contributed by atoms with Gasteiger partial charge in [0.15, 0.2) is 5.96 Å². The maximum Gasteiger partial charge on any atom is 0.280 e. The van der Waals surface area contributed by atoms with E-state index in [1.807, 2.05) is 6.92 Å². The summed E-state index contributed by atoms with van der Waals surface area (Å²) in [5.41, 5.74) is 11.2. The second-order valence-corrected chi connectivity index (χ2v) is 7.59. The van der Waals surface area contributed by atoms with Crippen molar-refractivity contribution in [3.05, 3.63) is 23.3 Å². The first-order chi connectivity index (χ1) is 9.60. The predicted octanol–water partition coefficient (Wildman–Crippen LogP) is 0.565. The quantitative estimate of drug-likeness (QED) is 0.607. The SMILES string of the molecule is CCc1cc2c(cc1C(=O)N=C(N)N)S(=O)(=O)C(C)(C)O2. The average Bonchev–Trinajstić information content (AvgIpc) is 2.53. The van der Waals surface area contributed by atoms with E-state index in [0.717, 1.165) is 0 Å². The van der Waals surface area contributed by atoms with Crippen LogP contribution < -0.4 is 16.2 Å². The Morgan fingerprint density at radius 2 is 1.95 bits per heavy atom. The molecule has 0 aliphatic carbocycles. The van der Waals surface area contributed by atoms with Crippen molar-refractivity contribution in [3.63, 3.8) is 0 Å². The van der Waals surface area contributed by atoms with Crippen molar-refractivity contribution in [3.8, 4) is 5.75 Å². The molecule has 0 atom stereocenters. The Bertz CT molecular complexity index is 747. The zero-order chi connectivity index (χ0) is 16.0. The molecule has 0 unspecified atom stereocenters. The molecule has 1 aliphatic heterocycles. The van der Waals surface area contributed by atoms with Crippen LogP contribution >= 0.6 is 0 Å². The summed E-state index contributed by atoms with van der Waals surface area (Å²) in [5, 5.41) is 0. The van der Waals surface area contributed by atoms with Gasteiger partial charge in [0.05, 0.1) is 0 Å². The van der Waals surface area contributed by atoms with E-state index in [1.165, 1.54) is 19.9 Å². The van der Waals surface area contributed by atoms with Gasteiger partial charge in [-0.25, -0.2) is 8.42 Å². The van der Waals surface area contributed by atoms with Crippen molar-refractivity contribution < 1.29 is 17.9 Å². The maximum absolute atomic E-state index is 12.4. The van der Waals surface area contributed by atoms with E-state index in [0.29, 0.717) is 12.0 Å². The third kappa shape index (κ3) is 2.35. The van der Waals surface area contributed by atoms with Crippen molar-refractivity contribution in [1.29, 1.82) is 0 Å². The van der Waals surface area contributed by atoms with Gasteiger partial charge >= 0.3 is 0 Å². The number of carbonyl (C=O) groups excluding carboxylic acids is 1. The zero-order valence-electron chi connectivity index (χ0n) is 12.0. The summed E-state index contributed by atoms with van der Waals surface area (Å²) < 4.78 is 30.2. The number of hydrogen-bond acceptors (Lipinski definition) is 4. The Labute approximate surface area is 122 Å². The first kappa shape index (κ1) is 15.3. The number of nitrogens with two attached hydrogens (primary N) is 2. The van der Waals surface area contributed by atoms with Crippen LogP contribution in [-0.4, -0.2) is 25.2 Å². The van der Waals surface area contributed by atoms with Gasteiger partial charge in [0.25, 0.3) is 5.91 Å². The van der Waals surface area contributed by atoms with Gasteiger partial charge in [-0.3, -0.25) is 4.79 Å². The van der Waals surface area contributed by atoms with Crippen molar-refractivity contribution >= 4 is 21.7 Å². The topological polar surface area (TPSA) is 125 Å². The standard InChI is InChI=1S/C13H17N3O4S/c1-4-7-5-9-10(21(18,19)13(2,3)20-9)6-8(7)11(17)16-12(14)15/h5-6H,4H2,1-3H3,(H4,14,15,16,17). The van der Waals surface area contributed by atoms with Crippen LogP contribution in [0.25, 0.3) is 0 Å². The molecule has 1 amide bonds. The molecule has 2 rings (SSSR count). The minimum Gasteiger partial charge on any atom is -0.470 e. The van der Waals surface area contributed by atoms with Gasteiger partial charge in [-0.1, -0.05) is 6.92 Å². The highest BCUT2D eigenvalue weighted by Gasteiger charge is 2.46. The van der Waals surface area contributed by atoms with Gasteiger partial charge in [-0.2, -0.15) is 4.99 Å². The Hall–Kier alpha value is -2.09. The molecule has 21 heavy (non-hydrogen) atoms. The Kier molecular flexibility index (Phi) is 3.45. The lowest BCUT2D eigenvalue weighted by molar-refractivity contribution is 0.100. The number of nitrogens with zero attached hydrogens (tertiary/aromatic N) is 1. The largest absolute Gasteiger partial charge is 0.470 e. The van der Waals surface area contributed by atoms with E-state index in [9.17, 15) is 13.2 Å². The summed E-state index contributed by atoms with van der Waals surface area (Å²) in [6, 6.07) is 2.84. The zero-order valence-corrected chi connectivity index (χ0v) is 12.8. The predicted molar refractivity (Wildman–Crippen MR) is 77.9 cm³/mol. The summed E-state index contributed by atoms with van der Waals surface area (Å²) in [6.45, 7) is 4.76. The number of carbonyl (C=O) groups is 1. The second-order valence-electron chi connectivity index (χ2n) is 5.16. The average molecular weight is 311 g/mol. The second kappa shape index (κ2) is 4.73.